The Hall–Kier alpha value is -2.62. The summed E-state index contributed by atoms with van der Waals surface area (Å²) in [6.07, 6.45) is 1.68. The van der Waals surface area contributed by atoms with Gasteiger partial charge >= 0.3 is 5.97 Å². The first-order chi connectivity index (χ1) is 9.51. The molecule has 1 aliphatic rings. The zero-order valence-corrected chi connectivity index (χ0v) is 10.6. The average molecular weight is 275 g/mol. The number of aliphatic carboxylic acids is 1. The summed E-state index contributed by atoms with van der Waals surface area (Å²) in [4.78, 5) is 21.3. The molecule has 0 heterocycles. The van der Waals surface area contributed by atoms with Gasteiger partial charge < -0.3 is 10.4 Å². The number of nitro groups is 1. The van der Waals surface area contributed by atoms with E-state index in [0.29, 0.717) is 24.9 Å². The SMILES string of the molecule is N#Cc1ccc(NC2CCC(C(=O)O)C2)c([N+](=O)[O-])c1. The highest BCUT2D eigenvalue weighted by atomic mass is 16.6. The van der Waals surface area contributed by atoms with Crippen LogP contribution in [0.1, 0.15) is 24.8 Å². The number of nitrogens with one attached hydrogen (secondary N) is 1. The molecule has 0 bridgehead atoms. The minimum absolute atomic E-state index is 0.0947. The molecule has 2 atom stereocenters. The summed E-state index contributed by atoms with van der Waals surface area (Å²) in [6, 6.07) is 5.96. The molecule has 0 radical (unpaired) electrons. The van der Waals surface area contributed by atoms with Crippen molar-refractivity contribution in [3.63, 3.8) is 0 Å². The molecule has 1 aliphatic carbocycles. The van der Waals surface area contributed by atoms with Crippen molar-refractivity contribution in [3.8, 4) is 6.07 Å². The average Bonchev–Trinajstić information content (AvgIpc) is 2.87. The standard InChI is InChI=1S/C13H13N3O4/c14-7-8-1-4-11(12(5-8)16(19)20)15-10-3-2-9(6-10)13(17)18/h1,4-5,9-10,15H,2-3,6H2,(H,17,18). The highest BCUT2D eigenvalue weighted by Crippen LogP contribution is 2.32. The molecule has 7 nitrogen and oxygen atoms in total. The van der Waals surface area contributed by atoms with Gasteiger partial charge in [0.25, 0.3) is 5.69 Å². The lowest BCUT2D eigenvalue weighted by Crippen LogP contribution is -2.18. The molecule has 1 fully saturated rings. The second kappa shape index (κ2) is 5.57. The van der Waals surface area contributed by atoms with Gasteiger partial charge in [-0.1, -0.05) is 0 Å². The third-order valence-electron chi connectivity index (χ3n) is 3.47. The van der Waals surface area contributed by atoms with Crippen molar-refractivity contribution < 1.29 is 14.8 Å². The second-order valence-corrected chi connectivity index (χ2v) is 4.79. The van der Waals surface area contributed by atoms with Gasteiger partial charge in [-0.25, -0.2) is 0 Å². The van der Waals surface area contributed by atoms with Crippen LogP contribution in [-0.2, 0) is 4.79 Å². The Morgan fingerprint density at radius 1 is 1.50 bits per heavy atom. The first kappa shape index (κ1) is 13.8. The fourth-order valence-electron chi connectivity index (χ4n) is 2.43. The Morgan fingerprint density at radius 2 is 2.25 bits per heavy atom. The summed E-state index contributed by atoms with van der Waals surface area (Å²) < 4.78 is 0. The van der Waals surface area contributed by atoms with E-state index in [1.54, 1.807) is 0 Å². The summed E-state index contributed by atoms with van der Waals surface area (Å²) in [7, 11) is 0. The van der Waals surface area contributed by atoms with Gasteiger partial charge in [-0.2, -0.15) is 5.26 Å². The van der Waals surface area contributed by atoms with Crippen LogP contribution in [0.5, 0.6) is 0 Å². The number of carbonyl (C=O) groups is 1. The molecule has 7 heteroatoms. The van der Waals surface area contributed by atoms with Crippen LogP contribution in [0.4, 0.5) is 11.4 Å². The first-order valence-corrected chi connectivity index (χ1v) is 6.19. The lowest BCUT2D eigenvalue weighted by molar-refractivity contribution is -0.384. The number of nitrogens with zero attached hydrogens (tertiary/aromatic N) is 2. The number of hydrogen-bond donors (Lipinski definition) is 2. The van der Waals surface area contributed by atoms with Crippen LogP contribution < -0.4 is 5.32 Å². The van der Waals surface area contributed by atoms with Crippen molar-refractivity contribution in [2.75, 3.05) is 5.32 Å². The maximum absolute atomic E-state index is 11.0. The van der Waals surface area contributed by atoms with Crippen LogP contribution in [0.3, 0.4) is 0 Å². The molecule has 1 aromatic carbocycles. The van der Waals surface area contributed by atoms with Crippen LogP contribution in [0, 0.1) is 27.4 Å². The maximum atomic E-state index is 11.0. The number of anilines is 1. The number of carboxylic acid groups (broad SMARTS) is 1. The zero-order valence-electron chi connectivity index (χ0n) is 10.6. The molecule has 2 unspecified atom stereocenters. The highest BCUT2D eigenvalue weighted by molar-refractivity contribution is 5.71. The molecule has 0 aromatic heterocycles. The van der Waals surface area contributed by atoms with E-state index in [-0.39, 0.29) is 17.3 Å². The zero-order chi connectivity index (χ0) is 14.7. The van der Waals surface area contributed by atoms with Crippen LogP contribution in [0.2, 0.25) is 0 Å². The van der Waals surface area contributed by atoms with E-state index in [1.165, 1.54) is 18.2 Å². The van der Waals surface area contributed by atoms with Gasteiger partial charge in [0.1, 0.15) is 5.69 Å². The van der Waals surface area contributed by atoms with Gasteiger partial charge in [-0.15, -0.1) is 0 Å². The Bertz CT molecular complexity index is 594. The minimum Gasteiger partial charge on any atom is -0.481 e. The Kier molecular flexibility index (Phi) is 3.84. The summed E-state index contributed by atoms with van der Waals surface area (Å²) >= 11 is 0. The van der Waals surface area contributed by atoms with Gasteiger partial charge in [0, 0.05) is 12.1 Å². The summed E-state index contributed by atoms with van der Waals surface area (Å²) in [5.74, 6) is -1.23. The second-order valence-electron chi connectivity index (χ2n) is 4.79. The summed E-state index contributed by atoms with van der Waals surface area (Å²) in [6.45, 7) is 0. The van der Waals surface area contributed by atoms with Crippen molar-refractivity contribution in [2.24, 2.45) is 5.92 Å². The minimum atomic E-state index is -0.830. The molecule has 20 heavy (non-hydrogen) atoms. The molecule has 0 saturated heterocycles. The van der Waals surface area contributed by atoms with E-state index in [9.17, 15) is 14.9 Å². The van der Waals surface area contributed by atoms with Gasteiger partial charge in [0.2, 0.25) is 0 Å². The largest absolute Gasteiger partial charge is 0.481 e. The van der Waals surface area contributed by atoms with Crippen LogP contribution >= 0.6 is 0 Å². The predicted molar refractivity (Wildman–Crippen MR) is 70.2 cm³/mol. The van der Waals surface area contributed by atoms with Crippen molar-refractivity contribution in [1.29, 1.82) is 5.26 Å². The third-order valence-corrected chi connectivity index (χ3v) is 3.47. The molecule has 0 amide bonds. The predicted octanol–water partition coefficient (Wildman–Crippen LogP) is 2.13. The number of benzene rings is 1. The quantitative estimate of drug-likeness (QED) is 0.642. The Morgan fingerprint density at radius 3 is 2.80 bits per heavy atom. The van der Waals surface area contributed by atoms with Crippen molar-refractivity contribution in [3.05, 3.63) is 33.9 Å². The highest BCUT2D eigenvalue weighted by Gasteiger charge is 2.30. The fraction of sp³-hybridized carbons (Fsp3) is 0.385. The van der Waals surface area contributed by atoms with E-state index in [1.807, 2.05) is 6.07 Å². The monoisotopic (exact) mass is 275 g/mol. The molecule has 2 rings (SSSR count). The van der Waals surface area contributed by atoms with E-state index in [0.717, 1.165) is 0 Å². The number of carboxylic acids is 1. The lowest BCUT2D eigenvalue weighted by atomic mass is 10.1. The Labute approximate surface area is 115 Å². The van der Waals surface area contributed by atoms with Crippen LogP contribution in [0.25, 0.3) is 0 Å². The van der Waals surface area contributed by atoms with E-state index >= 15 is 0 Å². The molecular weight excluding hydrogens is 262 g/mol. The normalized spacial score (nSPS) is 21.1. The number of nitriles is 1. The molecule has 0 spiro atoms. The maximum Gasteiger partial charge on any atom is 0.306 e. The van der Waals surface area contributed by atoms with Crippen molar-refractivity contribution >= 4 is 17.3 Å². The fourth-order valence-corrected chi connectivity index (χ4v) is 2.43. The van der Waals surface area contributed by atoms with E-state index in [2.05, 4.69) is 5.32 Å². The molecule has 2 N–H and O–H groups in total. The smallest absolute Gasteiger partial charge is 0.306 e. The molecular formula is C13H13N3O4. The lowest BCUT2D eigenvalue weighted by Gasteiger charge is -2.14. The van der Waals surface area contributed by atoms with Gasteiger partial charge in [0.05, 0.1) is 22.5 Å². The van der Waals surface area contributed by atoms with Gasteiger partial charge in [-0.05, 0) is 31.4 Å². The number of hydrogen-bond acceptors (Lipinski definition) is 5. The third kappa shape index (κ3) is 2.85. The van der Waals surface area contributed by atoms with Crippen LogP contribution in [-0.4, -0.2) is 22.0 Å². The van der Waals surface area contributed by atoms with Gasteiger partial charge in [0.15, 0.2) is 0 Å². The van der Waals surface area contributed by atoms with E-state index < -0.39 is 16.8 Å². The van der Waals surface area contributed by atoms with E-state index in [4.69, 9.17) is 10.4 Å². The first-order valence-electron chi connectivity index (χ1n) is 6.19. The molecule has 1 aromatic rings. The van der Waals surface area contributed by atoms with Gasteiger partial charge in [-0.3, -0.25) is 14.9 Å². The van der Waals surface area contributed by atoms with Crippen molar-refractivity contribution in [1.82, 2.24) is 0 Å². The topological polar surface area (TPSA) is 116 Å². The summed E-state index contributed by atoms with van der Waals surface area (Å²) in [5, 5.41) is 31.7. The van der Waals surface area contributed by atoms with Crippen molar-refractivity contribution in [2.45, 2.75) is 25.3 Å². The summed E-state index contributed by atoms with van der Waals surface area (Å²) in [5.41, 5.74) is 0.380. The Balaban J connectivity index is 2.16. The number of rotatable bonds is 4. The number of nitro benzene ring substituents is 1. The molecule has 1 saturated carbocycles. The molecule has 0 aliphatic heterocycles. The molecule has 104 valence electrons. The van der Waals surface area contributed by atoms with Crippen LogP contribution in [0.15, 0.2) is 18.2 Å².